The molecule has 0 atom stereocenters. The summed E-state index contributed by atoms with van der Waals surface area (Å²) in [5.41, 5.74) is 1.93. The van der Waals surface area contributed by atoms with Crippen molar-refractivity contribution in [2.75, 3.05) is 13.7 Å². The van der Waals surface area contributed by atoms with Crippen LogP contribution >= 0.6 is 0 Å². The molecule has 1 aromatic carbocycles. The van der Waals surface area contributed by atoms with Crippen LogP contribution in [0, 0.1) is 5.82 Å². The number of benzene rings is 1. The van der Waals surface area contributed by atoms with E-state index in [1.54, 1.807) is 13.2 Å². The lowest BCUT2D eigenvalue weighted by Gasteiger charge is -2.02. The number of aryl methyl sites for hydroxylation is 1. The molecule has 4 nitrogen and oxygen atoms in total. The largest absolute Gasteiger partial charge is 0.385 e. The lowest BCUT2D eigenvalue weighted by Crippen LogP contribution is -2.16. The van der Waals surface area contributed by atoms with E-state index in [2.05, 4.69) is 10.4 Å². The number of hydrogen-bond acceptors (Lipinski definition) is 3. The Kier molecular flexibility index (Phi) is 3.98. The molecule has 1 aliphatic rings. The number of halogens is 1. The van der Waals surface area contributed by atoms with Crippen molar-refractivity contribution in [1.82, 2.24) is 15.1 Å². The Morgan fingerprint density at radius 1 is 1.45 bits per heavy atom. The maximum absolute atomic E-state index is 13.5. The Morgan fingerprint density at radius 3 is 3.05 bits per heavy atom. The number of nitrogens with one attached hydrogen (secondary N) is 1. The first kappa shape index (κ1) is 13.5. The van der Waals surface area contributed by atoms with Crippen molar-refractivity contribution in [3.05, 3.63) is 29.7 Å². The summed E-state index contributed by atoms with van der Waals surface area (Å²) in [6, 6.07) is 5.51. The first-order valence-electron chi connectivity index (χ1n) is 7.15. The molecular formula is C15H20FN3O. The van der Waals surface area contributed by atoms with E-state index in [1.807, 2.05) is 10.7 Å². The minimum absolute atomic E-state index is 0.207. The second-order valence-electron chi connectivity index (χ2n) is 5.33. The second kappa shape index (κ2) is 5.89. The van der Waals surface area contributed by atoms with Gasteiger partial charge in [0.25, 0.3) is 0 Å². The highest BCUT2D eigenvalue weighted by atomic mass is 19.1. The van der Waals surface area contributed by atoms with Crippen molar-refractivity contribution in [1.29, 1.82) is 0 Å². The minimum Gasteiger partial charge on any atom is -0.385 e. The first-order chi connectivity index (χ1) is 9.78. The molecule has 0 saturated heterocycles. The molecule has 1 aliphatic carbocycles. The minimum atomic E-state index is -0.207. The van der Waals surface area contributed by atoms with E-state index in [1.165, 1.54) is 18.9 Å². The fourth-order valence-electron chi connectivity index (χ4n) is 2.41. The van der Waals surface area contributed by atoms with Crippen LogP contribution in [0.3, 0.4) is 0 Å². The number of hydrogen-bond donors (Lipinski definition) is 1. The van der Waals surface area contributed by atoms with E-state index in [0.29, 0.717) is 19.2 Å². The summed E-state index contributed by atoms with van der Waals surface area (Å²) < 4.78 is 20.5. The van der Waals surface area contributed by atoms with Gasteiger partial charge in [0.2, 0.25) is 0 Å². The molecule has 20 heavy (non-hydrogen) atoms. The number of aromatic nitrogens is 2. The smallest absolute Gasteiger partial charge is 0.124 e. The highest BCUT2D eigenvalue weighted by Gasteiger charge is 2.21. The molecule has 1 fully saturated rings. The van der Waals surface area contributed by atoms with Gasteiger partial charge in [-0.1, -0.05) is 0 Å². The molecule has 0 unspecified atom stereocenters. The van der Waals surface area contributed by atoms with Crippen LogP contribution in [0.15, 0.2) is 18.2 Å². The zero-order valence-electron chi connectivity index (χ0n) is 11.7. The quantitative estimate of drug-likeness (QED) is 0.790. The summed E-state index contributed by atoms with van der Waals surface area (Å²) in [7, 11) is 1.70. The van der Waals surface area contributed by atoms with Crippen molar-refractivity contribution in [2.45, 2.75) is 38.4 Å². The van der Waals surface area contributed by atoms with Crippen LogP contribution in [-0.2, 0) is 17.8 Å². The Morgan fingerprint density at radius 2 is 2.30 bits per heavy atom. The van der Waals surface area contributed by atoms with Crippen LogP contribution in [0.25, 0.3) is 10.9 Å². The van der Waals surface area contributed by atoms with E-state index in [9.17, 15) is 4.39 Å². The molecular weight excluding hydrogens is 257 g/mol. The maximum Gasteiger partial charge on any atom is 0.124 e. The van der Waals surface area contributed by atoms with E-state index in [4.69, 9.17) is 4.74 Å². The lowest BCUT2D eigenvalue weighted by molar-refractivity contribution is 0.189. The molecule has 0 bridgehead atoms. The van der Waals surface area contributed by atoms with Crippen molar-refractivity contribution in [3.63, 3.8) is 0 Å². The van der Waals surface area contributed by atoms with Gasteiger partial charge in [-0.05, 0) is 37.5 Å². The average Bonchev–Trinajstić information content (AvgIpc) is 3.21. The third kappa shape index (κ3) is 2.99. The standard InChI is InChI=1S/C15H20FN3O/c1-20-8-2-7-19-15-6-3-11(16)9-13(15)14(18-19)10-17-12-4-5-12/h3,6,9,12,17H,2,4-5,7-8,10H2,1H3. The van der Waals surface area contributed by atoms with Gasteiger partial charge in [0, 0.05) is 38.2 Å². The Labute approximate surface area is 117 Å². The monoisotopic (exact) mass is 277 g/mol. The predicted molar refractivity (Wildman–Crippen MR) is 76.0 cm³/mol. The second-order valence-corrected chi connectivity index (χ2v) is 5.33. The van der Waals surface area contributed by atoms with E-state index >= 15 is 0 Å². The van der Waals surface area contributed by atoms with Gasteiger partial charge in [-0.15, -0.1) is 0 Å². The summed E-state index contributed by atoms with van der Waals surface area (Å²) in [5, 5.41) is 8.99. The normalized spacial score (nSPS) is 15.1. The number of fused-ring (bicyclic) bond motifs is 1. The molecule has 0 aliphatic heterocycles. The van der Waals surface area contributed by atoms with Crippen LogP contribution in [-0.4, -0.2) is 29.5 Å². The maximum atomic E-state index is 13.5. The lowest BCUT2D eigenvalue weighted by atomic mass is 10.2. The van der Waals surface area contributed by atoms with Gasteiger partial charge >= 0.3 is 0 Å². The van der Waals surface area contributed by atoms with Crippen LogP contribution in [0.5, 0.6) is 0 Å². The SMILES string of the molecule is COCCCn1nc(CNC2CC2)c2cc(F)ccc21. The third-order valence-corrected chi connectivity index (χ3v) is 3.64. The van der Waals surface area contributed by atoms with Crippen molar-refractivity contribution < 1.29 is 9.13 Å². The summed E-state index contributed by atoms with van der Waals surface area (Å²) in [6.07, 6.45) is 3.38. The fraction of sp³-hybridized carbons (Fsp3) is 0.533. The van der Waals surface area contributed by atoms with Crippen LogP contribution in [0.4, 0.5) is 4.39 Å². The average molecular weight is 277 g/mol. The molecule has 1 N–H and O–H groups in total. The number of nitrogens with zero attached hydrogens (tertiary/aromatic N) is 2. The molecule has 3 rings (SSSR count). The predicted octanol–water partition coefficient (Wildman–Crippen LogP) is 2.46. The molecule has 108 valence electrons. The highest BCUT2D eigenvalue weighted by molar-refractivity contribution is 5.82. The van der Waals surface area contributed by atoms with Gasteiger partial charge in [0.15, 0.2) is 0 Å². The van der Waals surface area contributed by atoms with Gasteiger partial charge in [-0.3, -0.25) is 4.68 Å². The molecule has 0 spiro atoms. The van der Waals surface area contributed by atoms with Crippen LogP contribution in [0.2, 0.25) is 0 Å². The van der Waals surface area contributed by atoms with Crippen LogP contribution < -0.4 is 5.32 Å². The molecule has 2 aromatic rings. The van der Waals surface area contributed by atoms with E-state index in [0.717, 1.165) is 29.6 Å². The summed E-state index contributed by atoms with van der Waals surface area (Å²) >= 11 is 0. The van der Waals surface area contributed by atoms with E-state index in [-0.39, 0.29) is 5.82 Å². The number of methoxy groups -OCH3 is 1. The first-order valence-corrected chi connectivity index (χ1v) is 7.15. The van der Waals surface area contributed by atoms with E-state index < -0.39 is 0 Å². The zero-order valence-corrected chi connectivity index (χ0v) is 11.7. The zero-order chi connectivity index (χ0) is 13.9. The Bertz CT molecular complexity index is 592. The van der Waals surface area contributed by atoms with Gasteiger partial charge in [0.05, 0.1) is 11.2 Å². The fourth-order valence-corrected chi connectivity index (χ4v) is 2.41. The van der Waals surface area contributed by atoms with Gasteiger partial charge in [-0.25, -0.2) is 4.39 Å². The van der Waals surface area contributed by atoms with Gasteiger partial charge < -0.3 is 10.1 Å². The highest BCUT2D eigenvalue weighted by Crippen LogP contribution is 2.23. The summed E-state index contributed by atoms with van der Waals surface area (Å²) in [5.74, 6) is -0.207. The van der Waals surface area contributed by atoms with Crippen molar-refractivity contribution in [3.8, 4) is 0 Å². The van der Waals surface area contributed by atoms with Crippen molar-refractivity contribution >= 4 is 10.9 Å². The molecule has 5 heteroatoms. The third-order valence-electron chi connectivity index (χ3n) is 3.64. The topological polar surface area (TPSA) is 39.1 Å². The summed E-state index contributed by atoms with van der Waals surface area (Å²) in [6.45, 7) is 2.21. The molecule has 1 aromatic heterocycles. The molecule has 1 saturated carbocycles. The van der Waals surface area contributed by atoms with Crippen LogP contribution in [0.1, 0.15) is 25.0 Å². The molecule has 0 radical (unpaired) electrons. The van der Waals surface area contributed by atoms with Gasteiger partial charge in [-0.2, -0.15) is 5.10 Å². The number of ether oxygens (including phenoxy) is 1. The number of rotatable bonds is 7. The molecule has 0 amide bonds. The summed E-state index contributed by atoms with van der Waals surface area (Å²) in [4.78, 5) is 0. The Balaban J connectivity index is 1.84. The Hall–Kier alpha value is -1.46. The van der Waals surface area contributed by atoms with Crippen molar-refractivity contribution in [2.24, 2.45) is 0 Å². The molecule has 1 heterocycles. The van der Waals surface area contributed by atoms with Gasteiger partial charge in [0.1, 0.15) is 5.82 Å².